The molecule has 1 atom stereocenters. The van der Waals surface area contributed by atoms with Crippen molar-refractivity contribution in [3.8, 4) is 0 Å². The molecule has 2 aromatic rings. The van der Waals surface area contributed by atoms with Gasteiger partial charge < -0.3 is 0 Å². The molecule has 1 aliphatic rings. The summed E-state index contributed by atoms with van der Waals surface area (Å²) in [5.41, 5.74) is 5.57. The average Bonchev–Trinajstić information content (AvgIpc) is 3.11. The molecule has 0 spiro atoms. The van der Waals surface area contributed by atoms with Crippen LogP contribution in [0.25, 0.3) is 0 Å². The van der Waals surface area contributed by atoms with Crippen LogP contribution in [0.15, 0.2) is 29.4 Å². The van der Waals surface area contributed by atoms with E-state index in [0.717, 1.165) is 36.9 Å². The highest BCUT2D eigenvalue weighted by atomic mass is 16.6. The van der Waals surface area contributed by atoms with Crippen LogP contribution in [0.1, 0.15) is 60.9 Å². The first-order valence-electron chi connectivity index (χ1n) is 9.45. The van der Waals surface area contributed by atoms with Crippen LogP contribution in [0, 0.1) is 21.4 Å². The van der Waals surface area contributed by atoms with Gasteiger partial charge in [-0.1, -0.05) is 39.3 Å². The third-order valence-corrected chi connectivity index (χ3v) is 5.84. The molecule has 1 unspecified atom stereocenters. The molecule has 0 fully saturated rings. The number of hydrogen-bond donors (Lipinski definition) is 2. The Kier molecular flexibility index (Phi) is 5.58. The quantitative estimate of drug-likeness (QED) is 0.450. The largest absolute Gasteiger partial charge is 0.292 e. The van der Waals surface area contributed by atoms with Crippen molar-refractivity contribution >= 4 is 17.8 Å². The van der Waals surface area contributed by atoms with Crippen LogP contribution in [0.5, 0.6) is 0 Å². The fourth-order valence-electron chi connectivity index (χ4n) is 3.58. The van der Waals surface area contributed by atoms with Gasteiger partial charge in [0.05, 0.1) is 11.1 Å². The summed E-state index contributed by atoms with van der Waals surface area (Å²) in [5, 5.41) is 21.9. The van der Waals surface area contributed by atoms with Gasteiger partial charge in [-0.05, 0) is 30.6 Å². The minimum atomic E-state index is -0.472. The van der Waals surface area contributed by atoms with Gasteiger partial charge in [-0.3, -0.25) is 20.0 Å². The summed E-state index contributed by atoms with van der Waals surface area (Å²) in [6.07, 6.45) is 5.26. The highest BCUT2D eigenvalue weighted by Gasteiger charge is 2.34. The smallest absolute Gasteiger partial charge is 0.281 e. The zero-order chi connectivity index (χ0) is 20.3. The molecule has 0 saturated carbocycles. The molecular formula is C20H25N5O3. The van der Waals surface area contributed by atoms with E-state index in [4.69, 9.17) is 0 Å². The molecular weight excluding hydrogens is 358 g/mol. The number of non-ortho nitro benzene ring substituents is 1. The van der Waals surface area contributed by atoms with Crippen LogP contribution in [0.2, 0.25) is 0 Å². The van der Waals surface area contributed by atoms with E-state index < -0.39 is 4.92 Å². The maximum absolute atomic E-state index is 12.6. The van der Waals surface area contributed by atoms with Crippen LogP contribution in [0.3, 0.4) is 0 Å². The van der Waals surface area contributed by atoms with E-state index in [1.54, 1.807) is 12.1 Å². The van der Waals surface area contributed by atoms with Crippen molar-refractivity contribution in [2.45, 2.75) is 46.5 Å². The van der Waals surface area contributed by atoms with Gasteiger partial charge in [0.2, 0.25) is 0 Å². The van der Waals surface area contributed by atoms with Crippen molar-refractivity contribution in [3.05, 3.63) is 56.9 Å². The second-order valence-electron chi connectivity index (χ2n) is 7.86. The number of aromatic nitrogens is 2. The summed E-state index contributed by atoms with van der Waals surface area (Å²) < 4.78 is 0. The molecule has 1 aliphatic carbocycles. The van der Waals surface area contributed by atoms with Crippen molar-refractivity contribution in [2.75, 3.05) is 0 Å². The lowest BCUT2D eigenvalue weighted by Crippen LogP contribution is -2.30. The van der Waals surface area contributed by atoms with Gasteiger partial charge in [0.25, 0.3) is 11.6 Å². The van der Waals surface area contributed by atoms with Crippen LogP contribution in [-0.4, -0.2) is 27.2 Å². The maximum Gasteiger partial charge on any atom is 0.292 e. The Morgan fingerprint density at radius 2 is 2.29 bits per heavy atom. The predicted molar refractivity (Wildman–Crippen MR) is 106 cm³/mol. The Hall–Kier alpha value is -3.03. The summed E-state index contributed by atoms with van der Waals surface area (Å²) in [6, 6.07) is 6.04. The number of nitrogens with zero attached hydrogens (tertiary/aromatic N) is 3. The summed E-state index contributed by atoms with van der Waals surface area (Å²) in [5.74, 6) is 0.122. The number of hydrazone groups is 1. The van der Waals surface area contributed by atoms with Gasteiger partial charge in [0.1, 0.15) is 0 Å². The molecule has 1 aromatic heterocycles. The van der Waals surface area contributed by atoms with Gasteiger partial charge in [-0.2, -0.15) is 10.2 Å². The Balaban J connectivity index is 1.70. The second kappa shape index (κ2) is 7.92. The molecule has 8 nitrogen and oxygen atoms in total. The van der Waals surface area contributed by atoms with E-state index in [0.29, 0.717) is 17.2 Å². The molecule has 8 heteroatoms. The molecule has 1 amide bonds. The first-order valence-corrected chi connectivity index (χ1v) is 9.45. The second-order valence-corrected chi connectivity index (χ2v) is 7.86. The number of carbonyl (C=O) groups excluding carboxylic acids is 1. The van der Waals surface area contributed by atoms with Crippen molar-refractivity contribution < 1.29 is 9.72 Å². The molecule has 148 valence electrons. The minimum absolute atomic E-state index is 0.0266. The maximum atomic E-state index is 12.6. The van der Waals surface area contributed by atoms with Crippen molar-refractivity contribution in [3.63, 3.8) is 0 Å². The standard InChI is InChI=1S/C20H25N5O3/c1-4-20(2,3)14-8-9-17-16(11-14)18(23-22-17)19(26)24-21-12-13-6-5-7-15(10-13)25(27)28/h5-7,10,12,14H,4,8-9,11H2,1-3H3,(H,22,23)(H,24,26)/b21-12+. The zero-order valence-electron chi connectivity index (χ0n) is 16.4. The SMILES string of the molecule is CCC(C)(C)C1CCc2[nH]nc(C(=O)N/N=C/c3cccc([N+](=O)[O-])c3)c2C1. The first-order chi connectivity index (χ1) is 13.3. The number of nitro groups is 1. The van der Waals surface area contributed by atoms with E-state index >= 15 is 0 Å². The molecule has 0 bridgehead atoms. The average molecular weight is 383 g/mol. The van der Waals surface area contributed by atoms with Crippen LogP contribution in [0.4, 0.5) is 5.69 Å². The fraction of sp³-hybridized carbons (Fsp3) is 0.450. The Morgan fingerprint density at radius 1 is 1.50 bits per heavy atom. The molecule has 28 heavy (non-hydrogen) atoms. The number of fused-ring (bicyclic) bond motifs is 1. The predicted octanol–water partition coefficient (Wildman–Crippen LogP) is 3.62. The van der Waals surface area contributed by atoms with Crippen molar-refractivity contribution in [1.82, 2.24) is 15.6 Å². The Labute approximate surface area is 163 Å². The van der Waals surface area contributed by atoms with Crippen LogP contribution < -0.4 is 5.43 Å². The zero-order valence-corrected chi connectivity index (χ0v) is 16.4. The van der Waals surface area contributed by atoms with E-state index in [1.807, 2.05) is 0 Å². The van der Waals surface area contributed by atoms with E-state index in [2.05, 4.69) is 41.5 Å². The van der Waals surface area contributed by atoms with Crippen molar-refractivity contribution in [1.29, 1.82) is 0 Å². The van der Waals surface area contributed by atoms with Crippen LogP contribution >= 0.6 is 0 Å². The summed E-state index contributed by atoms with van der Waals surface area (Å²) in [7, 11) is 0. The van der Waals surface area contributed by atoms with Gasteiger partial charge in [0, 0.05) is 29.0 Å². The highest BCUT2D eigenvalue weighted by molar-refractivity contribution is 5.94. The lowest BCUT2D eigenvalue weighted by molar-refractivity contribution is -0.384. The Morgan fingerprint density at radius 3 is 3.00 bits per heavy atom. The van der Waals surface area contributed by atoms with E-state index in [-0.39, 0.29) is 17.0 Å². The van der Waals surface area contributed by atoms with Crippen LogP contribution in [-0.2, 0) is 12.8 Å². The normalized spacial score (nSPS) is 16.8. The van der Waals surface area contributed by atoms with Gasteiger partial charge in [0.15, 0.2) is 5.69 Å². The number of aryl methyl sites for hydroxylation is 1. The number of H-pyrrole nitrogens is 1. The van der Waals surface area contributed by atoms with E-state index in [9.17, 15) is 14.9 Å². The summed E-state index contributed by atoms with van der Waals surface area (Å²) in [4.78, 5) is 22.9. The number of benzene rings is 1. The number of carbonyl (C=O) groups is 1. The molecule has 0 aliphatic heterocycles. The minimum Gasteiger partial charge on any atom is -0.281 e. The lowest BCUT2D eigenvalue weighted by Gasteiger charge is -2.36. The topological polar surface area (TPSA) is 113 Å². The van der Waals surface area contributed by atoms with Crippen molar-refractivity contribution in [2.24, 2.45) is 16.4 Å². The highest BCUT2D eigenvalue weighted by Crippen LogP contribution is 2.40. The number of hydrogen-bond acceptors (Lipinski definition) is 5. The van der Waals surface area contributed by atoms with Gasteiger partial charge in [-0.25, -0.2) is 5.43 Å². The fourth-order valence-corrected chi connectivity index (χ4v) is 3.58. The molecule has 3 rings (SSSR count). The third kappa shape index (κ3) is 4.11. The number of rotatable bonds is 6. The van der Waals surface area contributed by atoms with Gasteiger partial charge >= 0.3 is 0 Å². The molecule has 0 radical (unpaired) electrons. The molecule has 2 N–H and O–H groups in total. The summed E-state index contributed by atoms with van der Waals surface area (Å²) in [6.45, 7) is 6.73. The number of nitrogens with one attached hydrogen (secondary N) is 2. The first kappa shape index (κ1) is 19.7. The molecule has 1 aromatic carbocycles. The molecule has 1 heterocycles. The van der Waals surface area contributed by atoms with E-state index in [1.165, 1.54) is 18.3 Å². The number of nitro benzene ring substituents is 1. The molecule has 0 saturated heterocycles. The number of amides is 1. The monoisotopic (exact) mass is 383 g/mol. The Bertz CT molecular complexity index is 916. The lowest BCUT2D eigenvalue weighted by atomic mass is 9.69. The summed E-state index contributed by atoms with van der Waals surface area (Å²) >= 11 is 0. The van der Waals surface area contributed by atoms with Gasteiger partial charge in [-0.15, -0.1) is 0 Å². The third-order valence-electron chi connectivity index (χ3n) is 5.84. The number of aromatic amines is 1.